The Morgan fingerprint density at radius 3 is 2.36 bits per heavy atom. The highest BCUT2D eigenvalue weighted by molar-refractivity contribution is 7.89. The number of pyridine rings is 1. The quantitative estimate of drug-likeness (QED) is 0.671. The van der Waals surface area contributed by atoms with Gasteiger partial charge in [0.1, 0.15) is 21.9 Å². The topological polar surface area (TPSA) is 76.9 Å². The molecule has 6 nitrogen and oxygen atoms in total. The Bertz CT molecular complexity index is 970. The fourth-order valence-corrected chi connectivity index (χ4v) is 3.69. The van der Waals surface area contributed by atoms with E-state index in [0.29, 0.717) is 16.4 Å². The second-order valence-electron chi connectivity index (χ2n) is 5.32. The SMILES string of the molecule is Cn1ccnc1C(NS(=O)(=O)c1ccc(Cl)nc1)c1ccc(Cl)cc1. The number of nitrogens with zero attached hydrogens (tertiary/aromatic N) is 3. The zero-order valence-corrected chi connectivity index (χ0v) is 15.4. The lowest BCUT2D eigenvalue weighted by atomic mass is 10.1. The lowest BCUT2D eigenvalue weighted by Gasteiger charge is -2.19. The molecule has 0 aliphatic carbocycles. The molecule has 0 saturated heterocycles. The van der Waals surface area contributed by atoms with Gasteiger partial charge in [0.05, 0.1) is 0 Å². The number of aryl methyl sites for hydroxylation is 1. The van der Waals surface area contributed by atoms with Crippen LogP contribution in [0.4, 0.5) is 0 Å². The van der Waals surface area contributed by atoms with E-state index in [-0.39, 0.29) is 10.0 Å². The van der Waals surface area contributed by atoms with Gasteiger partial charge in [0.25, 0.3) is 0 Å². The summed E-state index contributed by atoms with van der Waals surface area (Å²) in [6.07, 6.45) is 4.56. The van der Waals surface area contributed by atoms with E-state index in [0.717, 1.165) is 0 Å². The molecule has 1 unspecified atom stereocenters. The summed E-state index contributed by atoms with van der Waals surface area (Å²) >= 11 is 11.7. The Morgan fingerprint density at radius 2 is 1.80 bits per heavy atom. The minimum atomic E-state index is -3.83. The first-order valence-corrected chi connectivity index (χ1v) is 9.47. The molecule has 130 valence electrons. The van der Waals surface area contributed by atoms with Gasteiger partial charge in [-0.15, -0.1) is 0 Å². The molecule has 0 radical (unpaired) electrons. The van der Waals surface area contributed by atoms with Gasteiger partial charge in [0.15, 0.2) is 0 Å². The molecule has 25 heavy (non-hydrogen) atoms. The maximum atomic E-state index is 12.7. The lowest BCUT2D eigenvalue weighted by molar-refractivity contribution is 0.562. The first-order valence-electron chi connectivity index (χ1n) is 7.23. The van der Waals surface area contributed by atoms with Gasteiger partial charge in [-0.25, -0.2) is 18.4 Å². The number of benzene rings is 1. The van der Waals surface area contributed by atoms with E-state index in [2.05, 4.69) is 14.7 Å². The fourth-order valence-electron chi connectivity index (χ4n) is 2.32. The Hall–Kier alpha value is -1.93. The minimum Gasteiger partial charge on any atom is -0.336 e. The van der Waals surface area contributed by atoms with Gasteiger partial charge in [-0.05, 0) is 29.8 Å². The van der Waals surface area contributed by atoms with Crippen molar-refractivity contribution in [3.63, 3.8) is 0 Å². The number of aromatic nitrogens is 3. The fraction of sp³-hybridized carbons (Fsp3) is 0.125. The molecule has 2 aromatic heterocycles. The van der Waals surface area contributed by atoms with E-state index in [4.69, 9.17) is 23.2 Å². The van der Waals surface area contributed by atoms with Gasteiger partial charge in [-0.2, -0.15) is 4.72 Å². The molecule has 2 heterocycles. The minimum absolute atomic E-state index is 0.0186. The van der Waals surface area contributed by atoms with Crippen LogP contribution in [0, 0.1) is 0 Å². The highest BCUT2D eigenvalue weighted by atomic mass is 35.5. The van der Waals surface area contributed by atoms with Crippen molar-refractivity contribution < 1.29 is 8.42 Å². The van der Waals surface area contributed by atoms with Gasteiger partial charge in [0, 0.05) is 30.7 Å². The highest BCUT2D eigenvalue weighted by Gasteiger charge is 2.26. The maximum Gasteiger partial charge on any atom is 0.243 e. The van der Waals surface area contributed by atoms with Gasteiger partial charge < -0.3 is 4.57 Å². The van der Waals surface area contributed by atoms with E-state index in [9.17, 15) is 8.42 Å². The lowest BCUT2D eigenvalue weighted by Crippen LogP contribution is -2.31. The van der Waals surface area contributed by atoms with E-state index in [1.807, 2.05) is 0 Å². The number of nitrogens with one attached hydrogen (secondary N) is 1. The summed E-state index contributed by atoms with van der Waals surface area (Å²) in [6, 6.07) is 9.05. The Labute approximate surface area is 155 Å². The monoisotopic (exact) mass is 396 g/mol. The molecule has 0 aliphatic rings. The summed E-state index contributed by atoms with van der Waals surface area (Å²) in [4.78, 5) is 8.12. The summed E-state index contributed by atoms with van der Waals surface area (Å²) in [6.45, 7) is 0. The van der Waals surface area contributed by atoms with E-state index in [1.54, 1.807) is 48.3 Å². The molecular weight excluding hydrogens is 383 g/mol. The molecule has 1 atom stereocenters. The van der Waals surface area contributed by atoms with E-state index < -0.39 is 16.1 Å². The highest BCUT2D eigenvalue weighted by Crippen LogP contribution is 2.24. The number of rotatable bonds is 5. The normalized spacial score (nSPS) is 12.9. The zero-order chi connectivity index (χ0) is 18.0. The first kappa shape index (κ1) is 17.9. The van der Waals surface area contributed by atoms with Crippen LogP contribution in [0.1, 0.15) is 17.4 Å². The van der Waals surface area contributed by atoms with Gasteiger partial charge in [0.2, 0.25) is 10.0 Å². The second-order valence-corrected chi connectivity index (χ2v) is 7.86. The van der Waals surface area contributed by atoms with Crippen LogP contribution in [0.5, 0.6) is 0 Å². The summed E-state index contributed by atoms with van der Waals surface area (Å²) in [7, 11) is -2.04. The molecule has 0 fully saturated rings. The molecule has 0 saturated carbocycles. The molecule has 3 rings (SSSR count). The van der Waals surface area contributed by atoms with Crippen molar-refractivity contribution in [3.8, 4) is 0 Å². The largest absolute Gasteiger partial charge is 0.336 e. The summed E-state index contributed by atoms with van der Waals surface area (Å²) < 4.78 is 29.9. The third kappa shape index (κ3) is 4.01. The van der Waals surface area contributed by atoms with Crippen molar-refractivity contribution in [2.24, 2.45) is 7.05 Å². The Balaban J connectivity index is 2.02. The molecule has 3 aromatic rings. The van der Waals surface area contributed by atoms with Crippen molar-refractivity contribution in [3.05, 3.63) is 76.6 Å². The predicted molar refractivity (Wildman–Crippen MR) is 96.1 cm³/mol. The zero-order valence-electron chi connectivity index (χ0n) is 13.1. The number of hydrogen-bond donors (Lipinski definition) is 1. The van der Waals surface area contributed by atoms with Crippen molar-refractivity contribution in [1.82, 2.24) is 19.3 Å². The van der Waals surface area contributed by atoms with Crippen molar-refractivity contribution in [1.29, 1.82) is 0 Å². The Morgan fingerprint density at radius 1 is 1.08 bits per heavy atom. The van der Waals surface area contributed by atoms with Crippen LogP contribution in [-0.4, -0.2) is 23.0 Å². The van der Waals surface area contributed by atoms with Gasteiger partial charge in [-0.3, -0.25) is 0 Å². The smallest absolute Gasteiger partial charge is 0.243 e. The summed E-state index contributed by atoms with van der Waals surface area (Å²) in [5.41, 5.74) is 0.712. The van der Waals surface area contributed by atoms with Crippen LogP contribution in [0.25, 0.3) is 0 Å². The standard InChI is InChI=1S/C16H14Cl2N4O2S/c1-22-9-8-19-16(22)15(11-2-4-12(17)5-3-11)21-25(23,24)13-6-7-14(18)20-10-13/h2-10,15,21H,1H3. The molecule has 0 spiro atoms. The van der Waals surface area contributed by atoms with Crippen molar-refractivity contribution in [2.45, 2.75) is 10.9 Å². The molecule has 0 amide bonds. The first-order chi connectivity index (χ1) is 11.9. The maximum absolute atomic E-state index is 12.7. The number of hydrogen-bond acceptors (Lipinski definition) is 4. The van der Waals surface area contributed by atoms with Gasteiger partial charge in [-0.1, -0.05) is 35.3 Å². The predicted octanol–water partition coefficient (Wildman–Crippen LogP) is 3.19. The average molecular weight is 397 g/mol. The third-order valence-electron chi connectivity index (χ3n) is 3.60. The summed E-state index contributed by atoms with van der Waals surface area (Å²) in [5.74, 6) is 0.549. The van der Waals surface area contributed by atoms with E-state index in [1.165, 1.54) is 18.3 Å². The number of imidazole rings is 1. The van der Waals surface area contributed by atoms with Crippen LogP contribution in [0.2, 0.25) is 10.2 Å². The summed E-state index contributed by atoms with van der Waals surface area (Å²) in [5, 5.41) is 0.782. The second kappa shape index (κ2) is 7.13. The number of halogens is 2. The van der Waals surface area contributed by atoms with Gasteiger partial charge >= 0.3 is 0 Å². The van der Waals surface area contributed by atoms with Crippen molar-refractivity contribution >= 4 is 33.2 Å². The van der Waals surface area contributed by atoms with Crippen LogP contribution >= 0.6 is 23.2 Å². The molecular formula is C16H14Cl2N4O2S. The molecule has 1 aromatic carbocycles. The van der Waals surface area contributed by atoms with Crippen molar-refractivity contribution in [2.75, 3.05) is 0 Å². The molecule has 0 aliphatic heterocycles. The van der Waals surface area contributed by atoms with Crippen LogP contribution in [0.3, 0.4) is 0 Å². The Kier molecular flexibility index (Phi) is 5.10. The van der Waals surface area contributed by atoms with E-state index >= 15 is 0 Å². The van der Waals surface area contributed by atoms with Crippen LogP contribution < -0.4 is 4.72 Å². The number of sulfonamides is 1. The average Bonchev–Trinajstić information content (AvgIpc) is 3.00. The van der Waals surface area contributed by atoms with Crippen LogP contribution in [0.15, 0.2) is 59.9 Å². The third-order valence-corrected chi connectivity index (χ3v) is 5.49. The van der Waals surface area contributed by atoms with Crippen LogP contribution in [-0.2, 0) is 17.1 Å². The molecule has 0 bridgehead atoms. The molecule has 1 N–H and O–H groups in total. The molecule has 9 heteroatoms.